The first-order chi connectivity index (χ1) is 59.0. The molecule has 2 aliphatic rings. The van der Waals surface area contributed by atoms with E-state index in [1.54, 1.807) is 0 Å². The Morgan fingerprint density at radius 1 is 0.202 bits per heavy atom. The van der Waals surface area contributed by atoms with E-state index in [1.165, 1.54) is 49.9 Å². The second-order valence-corrected chi connectivity index (χ2v) is 30.2. The summed E-state index contributed by atoms with van der Waals surface area (Å²) in [6.07, 6.45) is 0. The first kappa shape index (κ1) is 72.9. The molecule has 119 heavy (non-hydrogen) atoms. The maximum atomic E-state index is 7.65. The van der Waals surface area contributed by atoms with E-state index in [9.17, 15) is 0 Å². The highest BCUT2D eigenvalue weighted by molar-refractivity contribution is 7.00. The second-order valence-electron chi connectivity index (χ2n) is 29.4. The minimum atomic E-state index is -0.00152. The van der Waals surface area contributed by atoms with Gasteiger partial charge in [0.2, 0.25) is 0 Å². The summed E-state index contributed by atoms with van der Waals surface area (Å²) in [6.45, 7) is -0.00152. The van der Waals surface area contributed by atoms with Crippen molar-refractivity contribution in [1.29, 1.82) is 0 Å². The average Bonchev–Trinajstić information content (AvgIpc) is 1.61. The van der Waals surface area contributed by atoms with Crippen molar-refractivity contribution < 1.29 is 0 Å². The van der Waals surface area contributed by atoms with Gasteiger partial charge < -0.3 is 38.9 Å². The Morgan fingerprint density at radius 2 is 0.479 bits per heavy atom. The summed E-state index contributed by atoms with van der Waals surface area (Å²) in [5.74, 6) is 0. The predicted molar refractivity (Wildman–Crippen MR) is 505 cm³/mol. The van der Waals surface area contributed by atoms with Crippen LogP contribution in [-0.4, -0.2) is 11.3 Å². The Kier molecular flexibility index (Phi) is 19.8. The Bertz CT molecular complexity index is 6480. The zero-order chi connectivity index (χ0) is 79.5. The molecule has 566 valence electrons. The number of nitrogens with zero attached hydrogens (tertiary/aromatic N) is 8. The van der Waals surface area contributed by atoms with Crippen LogP contribution in [0.25, 0.3) is 27.5 Å². The summed E-state index contributed by atoms with van der Waals surface area (Å²) in [4.78, 5) is 16.2. The second kappa shape index (κ2) is 32.4. The fraction of sp³-hybridized carbons (Fsp3) is 0. The number of benzene rings is 18. The molecular formula is C108H77BCl2N8. The number of rotatable bonds is 18. The van der Waals surface area contributed by atoms with Gasteiger partial charge in [-0.1, -0.05) is 278 Å². The predicted octanol–water partition coefficient (Wildman–Crippen LogP) is 29.2. The van der Waals surface area contributed by atoms with Crippen molar-refractivity contribution >= 4 is 188 Å². The van der Waals surface area contributed by atoms with E-state index < -0.39 is 0 Å². The van der Waals surface area contributed by atoms with Crippen molar-refractivity contribution in [2.75, 3.05) is 34.3 Å². The van der Waals surface area contributed by atoms with Crippen LogP contribution in [0.15, 0.2) is 467 Å². The smallest absolute Gasteiger partial charge is 0.252 e. The molecule has 3 heterocycles. The van der Waals surface area contributed by atoms with Crippen LogP contribution in [0.3, 0.4) is 0 Å². The number of halogens is 2. The van der Waals surface area contributed by atoms with Crippen molar-refractivity contribution in [1.82, 2.24) is 4.57 Å². The monoisotopic (exact) mass is 1570 g/mol. The summed E-state index contributed by atoms with van der Waals surface area (Å²) in [5.41, 5.74) is 29.0. The minimum absolute atomic E-state index is 0.00152. The van der Waals surface area contributed by atoms with Crippen LogP contribution >= 0.6 is 23.2 Å². The van der Waals surface area contributed by atoms with E-state index >= 15 is 0 Å². The van der Waals surface area contributed by atoms with Gasteiger partial charge in [-0.3, -0.25) is 0 Å². The quantitative estimate of drug-likeness (QED) is 0.0791. The van der Waals surface area contributed by atoms with Gasteiger partial charge in [0, 0.05) is 107 Å². The zero-order valence-corrected chi connectivity index (χ0v) is 66.4. The van der Waals surface area contributed by atoms with Crippen LogP contribution in [0.2, 0.25) is 10.0 Å². The number of anilines is 21. The molecule has 0 N–H and O–H groups in total. The topological polar surface area (TPSA) is 27.6 Å². The first-order valence-corrected chi connectivity index (χ1v) is 40.9. The van der Waals surface area contributed by atoms with E-state index in [1.807, 2.05) is 84.9 Å². The Labute approximate surface area is 704 Å². The Hall–Kier alpha value is -15.0. The van der Waals surface area contributed by atoms with Gasteiger partial charge in [-0.15, -0.1) is 0 Å². The van der Waals surface area contributed by atoms with Gasteiger partial charge in [0.1, 0.15) is 0 Å². The maximum absolute atomic E-state index is 7.65. The summed E-state index contributed by atoms with van der Waals surface area (Å²) in [5, 5.41) is 3.64. The molecule has 19 aromatic rings. The number of fused-ring (bicyclic) bond motifs is 7. The van der Waals surface area contributed by atoms with Gasteiger partial charge >= 0.3 is 0 Å². The van der Waals surface area contributed by atoms with E-state index in [-0.39, 0.29) is 6.71 Å². The van der Waals surface area contributed by atoms with Gasteiger partial charge in [0.25, 0.3) is 6.71 Å². The normalized spacial score (nSPS) is 11.7. The molecule has 1 aromatic heterocycles. The molecular weight excluding hydrogens is 1490 g/mol. The number of hydrogen-bond acceptors (Lipinski definition) is 7. The number of aromatic nitrogens is 1. The molecule has 0 aliphatic carbocycles. The minimum Gasteiger partial charge on any atom is -0.311 e. The van der Waals surface area contributed by atoms with Gasteiger partial charge in [0.15, 0.2) is 0 Å². The zero-order valence-electron chi connectivity index (χ0n) is 64.9. The van der Waals surface area contributed by atoms with E-state index in [4.69, 9.17) is 23.2 Å². The summed E-state index contributed by atoms with van der Waals surface area (Å²) < 4.78 is 2.46. The summed E-state index contributed by atoms with van der Waals surface area (Å²) in [7, 11) is 0. The van der Waals surface area contributed by atoms with Crippen molar-refractivity contribution in [3.05, 3.63) is 477 Å². The third kappa shape index (κ3) is 13.6. The molecule has 0 spiro atoms. The van der Waals surface area contributed by atoms with Crippen LogP contribution < -0.4 is 50.7 Å². The molecule has 11 heteroatoms. The fourth-order valence-electron chi connectivity index (χ4n) is 17.4. The number of hydrogen-bond donors (Lipinski definition) is 0. The highest BCUT2D eigenvalue weighted by atomic mass is 35.5. The molecule has 8 nitrogen and oxygen atoms in total. The van der Waals surface area contributed by atoms with Crippen LogP contribution in [-0.2, 0) is 0 Å². The Balaban J connectivity index is 0.000000152. The fourth-order valence-corrected chi connectivity index (χ4v) is 18.0. The summed E-state index contributed by atoms with van der Waals surface area (Å²) >= 11 is 15.3. The highest BCUT2D eigenvalue weighted by Gasteiger charge is 2.44. The van der Waals surface area contributed by atoms with Crippen molar-refractivity contribution in [3.8, 4) is 5.69 Å². The first-order valence-electron chi connectivity index (χ1n) is 40.2. The van der Waals surface area contributed by atoms with Gasteiger partial charge in [0.05, 0.1) is 49.5 Å². The third-order valence-corrected chi connectivity index (χ3v) is 23.2. The Morgan fingerprint density at radius 3 is 0.866 bits per heavy atom. The lowest BCUT2D eigenvalue weighted by atomic mass is 9.33. The largest absolute Gasteiger partial charge is 0.311 e. The van der Waals surface area contributed by atoms with Gasteiger partial charge in [-0.2, -0.15) is 0 Å². The molecule has 0 bridgehead atoms. The highest BCUT2D eigenvalue weighted by Crippen LogP contribution is 2.53. The van der Waals surface area contributed by atoms with E-state index in [0.29, 0.717) is 10.0 Å². The van der Waals surface area contributed by atoms with E-state index in [0.717, 1.165) is 113 Å². The SMILES string of the molecule is Clc1c(N(c2ccccc2)c2ccccc2)cccc1N(c1ccccc1)c1cccc(N(c2ccccc2)c2cccc(N(c3ccccc3)c3ccccc3)c2Cl)c1.c1ccc(N2c3ccccc3B3c4cc5c6c(N(c7ccccc7)c7ccccc7)cccc6n(-c6ccccc6)c5cc4N(c4ccccc4)c4cccc2c43)cc1. The van der Waals surface area contributed by atoms with Crippen LogP contribution in [0.4, 0.5) is 119 Å². The molecule has 0 saturated carbocycles. The van der Waals surface area contributed by atoms with Crippen molar-refractivity contribution in [2.24, 2.45) is 0 Å². The van der Waals surface area contributed by atoms with Crippen molar-refractivity contribution in [2.45, 2.75) is 0 Å². The third-order valence-electron chi connectivity index (χ3n) is 22.4. The number of para-hydroxylation sites is 12. The lowest BCUT2D eigenvalue weighted by molar-refractivity contribution is 1.18. The average molecular weight is 1570 g/mol. The lowest BCUT2D eigenvalue weighted by Crippen LogP contribution is -2.61. The molecule has 0 atom stereocenters. The van der Waals surface area contributed by atoms with Crippen LogP contribution in [0.5, 0.6) is 0 Å². The van der Waals surface area contributed by atoms with Crippen LogP contribution in [0, 0.1) is 0 Å². The maximum Gasteiger partial charge on any atom is 0.252 e. The molecule has 0 unspecified atom stereocenters. The molecule has 21 rings (SSSR count). The lowest BCUT2D eigenvalue weighted by Gasteiger charge is -2.44. The summed E-state index contributed by atoms with van der Waals surface area (Å²) in [6, 6.07) is 165. The van der Waals surface area contributed by atoms with Crippen LogP contribution in [0.1, 0.15) is 0 Å². The van der Waals surface area contributed by atoms with E-state index in [2.05, 4.69) is 421 Å². The van der Waals surface area contributed by atoms with Gasteiger partial charge in [-0.25, -0.2) is 0 Å². The molecule has 0 saturated heterocycles. The molecule has 2 aliphatic heterocycles. The standard InChI is InChI=1S/C54H37BN4.C54H40Cl2N4/c1-6-20-38(21-7-1)56(39-22-8-2-9-23-39)47-32-18-33-48-53(47)43-36-45-52(37-51(43)58(48)41-26-12-4-13-27-41)59(42-28-14-5-15-29-42)50-35-19-34-49-54(50)55(45)44-30-16-17-31-46(44)57(49)40-24-10-3-11-25-40;55-53-49(57(41-22-7-1-8-23-41)42-24-9-2-10-25-42)36-20-38-51(53)59(45-30-15-5-16-31-45)47-34-19-35-48(40-47)60(46-32-17-6-18-33-46)52-39-21-37-50(54(52)56)58(43-26-11-3-12-27-43)44-28-13-4-14-29-44/h1-37H;1-40H. The molecule has 0 amide bonds. The molecule has 0 radical (unpaired) electrons. The molecule has 18 aromatic carbocycles. The van der Waals surface area contributed by atoms with Gasteiger partial charge in [-0.05, 0) is 229 Å². The molecule has 0 fully saturated rings. The van der Waals surface area contributed by atoms with Crippen molar-refractivity contribution in [3.63, 3.8) is 0 Å².